The molecule has 45 heavy (non-hydrogen) atoms. The largest absolute Gasteiger partial charge is 0.504 e. The number of para-hydroxylation sites is 2. The number of phenolic OH excluding ortho intramolecular Hbond substituents is 1. The van der Waals surface area contributed by atoms with Crippen LogP contribution in [-0.4, -0.2) is 120 Å². The van der Waals surface area contributed by atoms with Crippen LogP contribution in [0, 0.1) is 0 Å². The van der Waals surface area contributed by atoms with Crippen LogP contribution >= 0.6 is 0 Å². The van der Waals surface area contributed by atoms with E-state index in [1.165, 1.54) is 37.5 Å². The van der Waals surface area contributed by atoms with Crippen LogP contribution < -0.4 is 10.1 Å². The van der Waals surface area contributed by atoms with E-state index >= 15 is 0 Å². The van der Waals surface area contributed by atoms with Crippen LogP contribution in [0.25, 0.3) is 17.1 Å². The molecule has 15 heteroatoms. The Morgan fingerprint density at radius 1 is 1.00 bits per heavy atom. The zero-order valence-electron chi connectivity index (χ0n) is 23.9. The van der Waals surface area contributed by atoms with E-state index in [0.29, 0.717) is 16.6 Å². The molecule has 1 amide bonds. The van der Waals surface area contributed by atoms with E-state index < -0.39 is 72.9 Å². The first-order valence-corrected chi connectivity index (χ1v) is 14.2. The molecule has 3 fully saturated rings. The molecule has 2 aromatic carbocycles. The number of fused-ring (bicyclic) bond motifs is 2. The fraction of sp³-hybridized carbons (Fsp3) is 0.433. The van der Waals surface area contributed by atoms with E-state index in [-0.39, 0.29) is 30.4 Å². The van der Waals surface area contributed by atoms with Crippen molar-refractivity contribution in [2.45, 2.75) is 74.6 Å². The number of carbonyl (C=O) groups excluding carboxylic acids is 2. The molecular weight excluding hydrogens is 594 g/mol. The highest BCUT2D eigenvalue weighted by Gasteiger charge is 2.53. The summed E-state index contributed by atoms with van der Waals surface area (Å²) in [5.74, 6) is -1.66. The van der Waals surface area contributed by atoms with E-state index in [4.69, 9.17) is 18.9 Å². The van der Waals surface area contributed by atoms with Crippen LogP contribution in [0.3, 0.4) is 0 Å². The van der Waals surface area contributed by atoms with E-state index in [1.54, 1.807) is 22.8 Å². The first kappa shape index (κ1) is 31.1. The predicted molar refractivity (Wildman–Crippen MR) is 152 cm³/mol. The second-order valence-electron chi connectivity index (χ2n) is 11.3. The Bertz CT molecular complexity index is 1610. The number of rotatable bonds is 8. The van der Waals surface area contributed by atoms with E-state index in [9.17, 15) is 40.2 Å². The summed E-state index contributed by atoms with van der Waals surface area (Å²) in [6, 6.07) is 10.1. The Morgan fingerprint density at radius 2 is 1.73 bits per heavy atom. The van der Waals surface area contributed by atoms with Gasteiger partial charge in [-0.15, -0.1) is 0 Å². The second-order valence-corrected chi connectivity index (χ2v) is 11.3. The molecule has 1 saturated carbocycles. The van der Waals surface area contributed by atoms with Crippen molar-refractivity contribution in [2.24, 2.45) is 0 Å². The number of nitrogens with one attached hydrogen (secondary N) is 1. The number of ketones is 1. The number of phenols is 1. The molecule has 6 rings (SSSR count). The summed E-state index contributed by atoms with van der Waals surface area (Å²) < 4.78 is 23.3. The molecule has 0 spiro atoms. The summed E-state index contributed by atoms with van der Waals surface area (Å²) in [5.41, 5.74) is 1.93. The van der Waals surface area contributed by atoms with Gasteiger partial charge in [0.15, 0.2) is 23.4 Å². The molecule has 1 aromatic heterocycles. The van der Waals surface area contributed by atoms with E-state index in [1.807, 2.05) is 6.07 Å². The highest BCUT2D eigenvalue weighted by Crippen LogP contribution is 2.33. The standard InChI is InChI=1S/C30H33N3O12/c1-13(29(41)32-20-21(36)23(38)28-27(22(20)37)42-12-43-28)8-14-6-7-19(17(34)9-14)44-30-25(40)24(39)26(45-30)18(35)10-33-11-31-15-4-2-3-5-16(15)33/h2-9,11,20-28,30,34,36-40H,10,12H2,1H3,(H,32,41)/t20?,21-,22+,23+,24-,25-,26+,27-,28+,30+/m0/s1. The minimum Gasteiger partial charge on any atom is -0.504 e. The predicted octanol–water partition coefficient (Wildman–Crippen LogP) is -1.44. The van der Waals surface area contributed by atoms with Crippen molar-refractivity contribution in [3.8, 4) is 11.5 Å². The number of imidazole rings is 1. The number of nitrogens with zero attached hydrogens (tertiary/aromatic N) is 2. The van der Waals surface area contributed by atoms with Gasteiger partial charge < -0.3 is 59.5 Å². The van der Waals surface area contributed by atoms with Gasteiger partial charge in [0.2, 0.25) is 12.2 Å². The van der Waals surface area contributed by atoms with Crippen LogP contribution in [0.1, 0.15) is 12.5 Å². The molecule has 3 aliphatic rings. The fourth-order valence-electron chi connectivity index (χ4n) is 5.79. The van der Waals surface area contributed by atoms with Crippen molar-refractivity contribution in [3.63, 3.8) is 0 Å². The van der Waals surface area contributed by atoms with Crippen molar-refractivity contribution < 1.29 is 59.2 Å². The molecule has 7 N–H and O–H groups in total. The first-order chi connectivity index (χ1) is 21.5. The molecule has 15 nitrogen and oxygen atoms in total. The lowest BCUT2D eigenvalue weighted by Gasteiger charge is -2.41. The quantitative estimate of drug-likeness (QED) is 0.142. The van der Waals surface area contributed by atoms with Gasteiger partial charge in [-0.1, -0.05) is 18.2 Å². The molecule has 1 unspecified atom stereocenters. The number of hydrogen-bond donors (Lipinski definition) is 7. The molecule has 2 saturated heterocycles. The third-order valence-corrected chi connectivity index (χ3v) is 8.26. The van der Waals surface area contributed by atoms with Gasteiger partial charge in [0, 0.05) is 5.57 Å². The van der Waals surface area contributed by atoms with Gasteiger partial charge in [-0.25, -0.2) is 4.98 Å². The summed E-state index contributed by atoms with van der Waals surface area (Å²) in [6.45, 7) is 1.15. The lowest BCUT2D eigenvalue weighted by molar-refractivity contribution is -0.155. The minimum atomic E-state index is -1.59. The maximum Gasteiger partial charge on any atom is 0.247 e. The van der Waals surface area contributed by atoms with Crippen molar-refractivity contribution in [3.05, 3.63) is 59.9 Å². The van der Waals surface area contributed by atoms with Crippen molar-refractivity contribution in [1.82, 2.24) is 14.9 Å². The number of aromatic nitrogens is 2. The molecule has 3 heterocycles. The highest BCUT2D eigenvalue weighted by atomic mass is 16.7. The number of aromatic hydroxyl groups is 1. The molecule has 0 bridgehead atoms. The number of ether oxygens (including phenoxy) is 4. The Labute approximate surface area is 255 Å². The van der Waals surface area contributed by atoms with Gasteiger partial charge >= 0.3 is 0 Å². The number of aliphatic hydroxyl groups is 5. The van der Waals surface area contributed by atoms with Gasteiger partial charge in [0.1, 0.15) is 49.5 Å². The number of Topliss-reactive ketones (excluding diaryl/α,β-unsaturated/α-hetero) is 1. The van der Waals surface area contributed by atoms with Crippen molar-refractivity contribution in [2.75, 3.05) is 6.79 Å². The average Bonchev–Trinajstić information content (AvgIpc) is 3.74. The van der Waals surface area contributed by atoms with Crippen LogP contribution in [0.4, 0.5) is 0 Å². The van der Waals surface area contributed by atoms with E-state index in [2.05, 4.69) is 10.3 Å². The summed E-state index contributed by atoms with van der Waals surface area (Å²) >= 11 is 0. The monoisotopic (exact) mass is 627 g/mol. The Hall–Kier alpha value is -3.93. The summed E-state index contributed by atoms with van der Waals surface area (Å²) in [4.78, 5) is 30.1. The normalized spacial score (nSPS) is 33.2. The molecule has 240 valence electrons. The van der Waals surface area contributed by atoms with Gasteiger partial charge in [-0.2, -0.15) is 0 Å². The Balaban J connectivity index is 1.08. The number of benzene rings is 2. The van der Waals surface area contributed by atoms with Crippen LogP contribution in [0.2, 0.25) is 0 Å². The molecule has 2 aliphatic heterocycles. The third-order valence-electron chi connectivity index (χ3n) is 8.26. The second kappa shape index (κ2) is 12.5. The Kier molecular flexibility index (Phi) is 8.60. The number of amides is 1. The number of aliphatic hydroxyl groups excluding tert-OH is 5. The topological polar surface area (TPSA) is 222 Å². The van der Waals surface area contributed by atoms with Crippen LogP contribution in [-0.2, 0) is 30.3 Å². The van der Waals surface area contributed by atoms with Gasteiger partial charge in [-0.3, -0.25) is 9.59 Å². The summed E-state index contributed by atoms with van der Waals surface area (Å²) in [6.07, 6.45) is -9.17. The molecule has 3 aromatic rings. The van der Waals surface area contributed by atoms with Crippen molar-refractivity contribution >= 4 is 28.8 Å². The lowest BCUT2D eigenvalue weighted by Crippen LogP contribution is -2.67. The van der Waals surface area contributed by atoms with E-state index in [0.717, 1.165) is 0 Å². The number of carbonyl (C=O) groups is 2. The smallest absolute Gasteiger partial charge is 0.247 e. The maximum absolute atomic E-state index is 13.0. The van der Waals surface area contributed by atoms with Crippen LogP contribution in [0.5, 0.6) is 11.5 Å². The number of hydrogen-bond acceptors (Lipinski definition) is 13. The molecular formula is C30H33N3O12. The van der Waals surface area contributed by atoms with Crippen molar-refractivity contribution in [1.29, 1.82) is 0 Å². The van der Waals surface area contributed by atoms with Gasteiger partial charge in [0.25, 0.3) is 0 Å². The van der Waals surface area contributed by atoms with Crippen LogP contribution in [0.15, 0.2) is 54.4 Å². The summed E-state index contributed by atoms with van der Waals surface area (Å²) in [7, 11) is 0. The average molecular weight is 628 g/mol. The summed E-state index contributed by atoms with van der Waals surface area (Å²) in [5, 5.41) is 65.5. The zero-order valence-corrected chi connectivity index (χ0v) is 23.9. The molecule has 1 aliphatic carbocycles. The molecule has 0 radical (unpaired) electrons. The maximum atomic E-state index is 13.0. The zero-order chi connectivity index (χ0) is 32.0. The van der Waals surface area contributed by atoms with Gasteiger partial charge in [-0.05, 0) is 42.8 Å². The third kappa shape index (κ3) is 5.92. The van der Waals surface area contributed by atoms with Gasteiger partial charge in [0.05, 0.1) is 29.9 Å². The molecule has 10 atom stereocenters. The fourth-order valence-corrected chi connectivity index (χ4v) is 5.79. The lowest BCUT2D eigenvalue weighted by atomic mass is 9.83. The Morgan fingerprint density at radius 3 is 2.49 bits per heavy atom. The highest BCUT2D eigenvalue weighted by molar-refractivity contribution is 5.97. The first-order valence-electron chi connectivity index (χ1n) is 14.2. The minimum absolute atomic E-state index is 0.116. The SMILES string of the molecule is CC(=Cc1ccc(O[C@@H]2O[C@H](C(=O)Cn3cnc4ccccc43)[C@@H](O)[C@@H]2O)c(O)c1)C(=O)NC1[C@@H](O)[C@@H]2OCO[C@@H]2[C@H](O)[C@H]1O.